The van der Waals surface area contributed by atoms with E-state index in [1.807, 2.05) is 6.92 Å². The molecule has 2 rings (SSSR count). The summed E-state index contributed by atoms with van der Waals surface area (Å²) in [6.45, 7) is 1.89. The van der Waals surface area contributed by atoms with Gasteiger partial charge in [-0.05, 0) is 28.4 Å². The molecule has 0 aliphatic carbocycles. The van der Waals surface area contributed by atoms with E-state index >= 15 is 0 Å². The summed E-state index contributed by atoms with van der Waals surface area (Å²) in [5.41, 5.74) is 7.12. The SMILES string of the molecule is Cc1c(Br)cnc(N2CC(=O)CC2=O)c1N. The van der Waals surface area contributed by atoms with Gasteiger partial charge in [0.05, 0.1) is 18.7 Å². The van der Waals surface area contributed by atoms with Crippen LogP contribution in [-0.4, -0.2) is 23.2 Å². The van der Waals surface area contributed by atoms with Gasteiger partial charge in [-0.15, -0.1) is 0 Å². The van der Waals surface area contributed by atoms with Gasteiger partial charge in [-0.25, -0.2) is 4.98 Å². The molecule has 5 nitrogen and oxygen atoms in total. The molecular formula is C10H10BrN3O2. The second-order valence-corrected chi connectivity index (χ2v) is 4.52. The minimum Gasteiger partial charge on any atom is -0.395 e. The van der Waals surface area contributed by atoms with Crippen molar-refractivity contribution in [3.63, 3.8) is 0 Å². The maximum Gasteiger partial charge on any atom is 0.236 e. The summed E-state index contributed by atoms with van der Waals surface area (Å²) in [4.78, 5) is 28.1. The predicted molar refractivity (Wildman–Crippen MR) is 63.1 cm³/mol. The first-order valence-electron chi connectivity index (χ1n) is 4.73. The van der Waals surface area contributed by atoms with Crippen molar-refractivity contribution >= 4 is 39.1 Å². The molecule has 1 saturated heterocycles. The van der Waals surface area contributed by atoms with Gasteiger partial charge < -0.3 is 5.73 Å². The maximum atomic E-state index is 11.5. The van der Waals surface area contributed by atoms with Crippen LogP contribution in [0.2, 0.25) is 0 Å². The lowest BCUT2D eigenvalue weighted by atomic mass is 10.2. The first kappa shape index (κ1) is 11.1. The third kappa shape index (κ3) is 1.69. The van der Waals surface area contributed by atoms with E-state index in [2.05, 4.69) is 20.9 Å². The summed E-state index contributed by atoms with van der Waals surface area (Å²) >= 11 is 3.30. The number of aromatic nitrogens is 1. The fourth-order valence-electron chi connectivity index (χ4n) is 1.57. The molecule has 0 saturated carbocycles. The number of nitrogen functional groups attached to an aromatic ring is 1. The van der Waals surface area contributed by atoms with E-state index in [-0.39, 0.29) is 24.7 Å². The summed E-state index contributed by atoms with van der Waals surface area (Å²) in [7, 11) is 0. The van der Waals surface area contributed by atoms with Crippen molar-refractivity contribution in [3.05, 3.63) is 16.2 Å². The number of nitrogens with zero attached hydrogens (tertiary/aromatic N) is 2. The quantitative estimate of drug-likeness (QED) is 0.782. The van der Waals surface area contributed by atoms with E-state index in [0.29, 0.717) is 11.5 Å². The first-order chi connectivity index (χ1) is 7.50. The van der Waals surface area contributed by atoms with Gasteiger partial charge in [0.25, 0.3) is 0 Å². The van der Waals surface area contributed by atoms with Crippen LogP contribution < -0.4 is 10.6 Å². The number of amides is 1. The molecule has 0 aromatic carbocycles. The van der Waals surface area contributed by atoms with E-state index in [1.54, 1.807) is 6.20 Å². The molecule has 2 N–H and O–H groups in total. The van der Waals surface area contributed by atoms with Crippen LogP contribution in [0.25, 0.3) is 0 Å². The van der Waals surface area contributed by atoms with Gasteiger partial charge in [0, 0.05) is 10.7 Å². The topological polar surface area (TPSA) is 76.3 Å². The van der Waals surface area contributed by atoms with Crippen LogP contribution in [0.1, 0.15) is 12.0 Å². The number of halogens is 1. The number of rotatable bonds is 1. The van der Waals surface area contributed by atoms with Crippen molar-refractivity contribution in [3.8, 4) is 0 Å². The van der Waals surface area contributed by atoms with E-state index in [4.69, 9.17) is 5.73 Å². The van der Waals surface area contributed by atoms with Crippen molar-refractivity contribution in [1.82, 2.24) is 4.98 Å². The Labute approximate surface area is 101 Å². The zero-order valence-electron chi connectivity index (χ0n) is 8.66. The number of pyridine rings is 1. The van der Waals surface area contributed by atoms with Crippen LogP contribution in [0.4, 0.5) is 11.5 Å². The van der Waals surface area contributed by atoms with E-state index in [0.717, 1.165) is 10.0 Å². The molecule has 0 spiro atoms. The van der Waals surface area contributed by atoms with Crippen LogP contribution >= 0.6 is 15.9 Å². The fraction of sp³-hybridized carbons (Fsp3) is 0.300. The first-order valence-corrected chi connectivity index (χ1v) is 5.52. The highest BCUT2D eigenvalue weighted by molar-refractivity contribution is 9.10. The molecule has 1 aliphatic heterocycles. The van der Waals surface area contributed by atoms with E-state index < -0.39 is 0 Å². The lowest BCUT2D eigenvalue weighted by Crippen LogP contribution is -2.26. The zero-order chi connectivity index (χ0) is 11.9. The Balaban J connectivity index is 2.45. The van der Waals surface area contributed by atoms with Gasteiger partial charge in [-0.1, -0.05) is 0 Å². The number of ketones is 1. The molecule has 2 heterocycles. The number of carbonyl (C=O) groups is 2. The Hall–Kier alpha value is -1.43. The number of Topliss-reactive ketones (excluding diaryl/α,β-unsaturated/α-hetero) is 1. The molecule has 0 bridgehead atoms. The average molecular weight is 284 g/mol. The highest BCUT2D eigenvalue weighted by atomic mass is 79.9. The average Bonchev–Trinajstić information content (AvgIpc) is 2.55. The van der Waals surface area contributed by atoms with Crippen LogP contribution in [0, 0.1) is 6.92 Å². The van der Waals surface area contributed by atoms with Gasteiger partial charge in [0.1, 0.15) is 0 Å². The largest absolute Gasteiger partial charge is 0.395 e. The summed E-state index contributed by atoms with van der Waals surface area (Å²) in [5.74, 6) is 0.0224. The molecule has 16 heavy (non-hydrogen) atoms. The Morgan fingerprint density at radius 2 is 2.19 bits per heavy atom. The summed E-state index contributed by atoms with van der Waals surface area (Å²) in [6, 6.07) is 0. The summed E-state index contributed by atoms with van der Waals surface area (Å²) in [6.07, 6.45) is 1.52. The van der Waals surface area contributed by atoms with E-state index in [1.165, 1.54) is 4.90 Å². The molecule has 0 unspecified atom stereocenters. The Bertz CT molecular complexity index is 487. The lowest BCUT2D eigenvalue weighted by molar-refractivity contribution is -0.121. The molecule has 1 amide bonds. The molecule has 1 fully saturated rings. The van der Waals surface area contributed by atoms with Gasteiger partial charge in [0.2, 0.25) is 5.91 Å². The minimum absolute atomic E-state index is 0.0593. The van der Waals surface area contributed by atoms with Gasteiger partial charge in [-0.2, -0.15) is 0 Å². The van der Waals surface area contributed by atoms with Crippen LogP contribution in [-0.2, 0) is 9.59 Å². The highest BCUT2D eigenvalue weighted by Crippen LogP contribution is 2.30. The van der Waals surface area contributed by atoms with Crippen LogP contribution in [0.5, 0.6) is 0 Å². The molecule has 84 valence electrons. The summed E-state index contributed by atoms with van der Waals surface area (Å²) in [5, 5.41) is 0. The molecule has 0 atom stereocenters. The molecule has 1 aliphatic rings. The smallest absolute Gasteiger partial charge is 0.236 e. The number of hydrogen-bond acceptors (Lipinski definition) is 4. The van der Waals surface area contributed by atoms with Crippen molar-refractivity contribution in [2.45, 2.75) is 13.3 Å². The molecule has 0 radical (unpaired) electrons. The second kappa shape index (κ2) is 3.86. The lowest BCUT2D eigenvalue weighted by Gasteiger charge is -2.17. The maximum absolute atomic E-state index is 11.5. The number of anilines is 2. The zero-order valence-corrected chi connectivity index (χ0v) is 10.2. The highest BCUT2D eigenvalue weighted by Gasteiger charge is 2.31. The Morgan fingerprint density at radius 3 is 2.75 bits per heavy atom. The molecule has 1 aromatic heterocycles. The van der Waals surface area contributed by atoms with Crippen LogP contribution in [0.3, 0.4) is 0 Å². The minimum atomic E-state index is -0.245. The van der Waals surface area contributed by atoms with Crippen LogP contribution in [0.15, 0.2) is 10.7 Å². The monoisotopic (exact) mass is 283 g/mol. The molecule has 1 aromatic rings. The fourth-order valence-corrected chi connectivity index (χ4v) is 1.89. The second-order valence-electron chi connectivity index (χ2n) is 3.66. The van der Waals surface area contributed by atoms with Gasteiger partial charge >= 0.3 is 0 Å². The normalized spacial score (nSPS) is 16.0. The number of hydrogen-bond donors (Lipinski definition) is 1. The standard InChI is InChI=1S/C10H10BrN3O2/c1-5-7(11)3-13-10(9(5)12)14-4-6(15)2-8(14)16/h3H,2,4,12H2,1H3. The predicted octanol–water partition coefficient (Wildman–Crippen LogP) is 1.04. The Kier molecular flexibility index (Phi) is 2.67. The number of nitrogens with two attached hydrogens (primary N) is 1. The van der Waals surface area contributed by atoms with E-state index in [9.17, 15) is 9.59 Å². The third-order valence-electron chi connectivity index (χ3n) is 2.54. The van der Waals surface area contributed by atoms with Gasteiger partial charge in [-0.3, -0.25) is 14.5 Å². The summed E-state index contributed by atoms with van der Waals surface area (Å²) < 4.78 is 0.784. The molecular weight excluding hydrogens is 274 g/mol. The van der Waals surface area contributed by atoms with Gasteiger partial charge in [0.15, 0.2) is 11.6 Å². The van der Waals surface area contributed by atoms with Crippen molar-refractivity contribution in [2.75, 3.05) is 17.2 Å². The Morgan fingerprint density at radius 1 is 1.50 bits per heavy atom. The number of carbonyl (C=O) groups excluding carboxylic acids is 2. The third-order valence-corrected chi connectivity index (χ3v) is 3.34. The van der Waals surface area contributed by atoms with Crippen molar-refractivity contribution in [2.24, 2.45) is 0 Å². The van der Waals surface area contributed by atoms with Crippen molar-refractivity contribution < 1.29 is 9.59 Å². The molecule has 6 heteroatoms. The van der Waals surface area contributed by atoms with Crippen molar-refractivity contribution in [1.29, 1.82) is 0 Å².